The van der Waals surface area contributed by atoms with Gasteiger partial charge in [-0.25, -0.2) is 0 Å². The molecular formula is C31H41N3O2. The predicted molar refractivity (Wildman–Crippen MR) is 145 cm³/mol. The highest BCUT2D eigenvalue weighted by atomic mass is 16.5. The molecule has 5 heteroatoms. The van der Waals surface area contributed by atoms with Crippen LogP contribution in [0.3, 0.4) is 0 Å². The lowest BCUT2D eigenvalue weighted by molar-refractivity contribution is -0.132. The Kier molecular flexibility index (Phi) is 6.71. The van der Waals surface area contributed by atoms with Gasteiger partial charge >= 0.3 is 0 Å². The Hall–Kier alpha value is -2.66. The summed E-state index contributed by atoms with van der Waals surface area (Å²) in [4.78, 5) is 21.7. The molecule has 2 aromatic rings. The van der Waals surface area contributed by atoms with Crippen molar-refractivity contribution in [3.05, 3.63) is 65.7 Å². The molecule has 192 valence electrons. The summed E-state index contributed by atoms with van der Waals surface area (Å²) in [6.07, 6.45) is 4.17. The van der Waals surface area contributed by atoms with Crippen LogP contribution in [0.5, 0.6) is 5.75 Å². The second-order valence-electron chi connectivity index (χ2n) is 12.4. The molecule has 0 aromatic heterocycles. The number of carbonyl (C=O) groups excluding carboxylic acids is 1. The maximum absolute atomic E-state index is 14.0. The van der Waals surface area contributed by atoms with Crippen LogP contribution in [0.25, 0.3) is 0 Å². The minimum absolute atomic E-state index is 0.0891. The van der Waals surface area contributed by atoms with E-state index in [-0.39, 0.29) is 23.5 Å². The van der Waals surface area contributed by atoms with Crippen molar-refractivity contribution >= 4 is 12.1 Å². The summed E-state index contributed by atoms with van der Waals surface area (Å²) in [7, 11) is 0. The lowest BCUT2D eigenvalue weighted by Crippen LogP contribution is -2.66. The summed E-state index contributed by atoms with van der Waals surface area (Å²) in [6, 6.07) is 19.0. The van der Waals surface area contributed by atoms with Gasteiger partial charge in [-0.15, -0.1) is 0 Å². The van der Waals surface area contributed by atoms with Gasteiger partial charge in [-0.05, 0) is 74.6 Å². The van der Waals surface area contributed by atoms with Gasteiger partial charge in [0.25, 0.3) is 0 Å². The van der Waals surface area contributed by atoms with Gasteiger partial charge in [-0.1, -0.05) is 56.3 Å². The molecule has 5 atom stereocenters. The number of rotatable bonds is 8. The van der Waals surface area contributed by atoms with Gasteiger partial charge in [-0.2, -0.15) is 0 Å². The lowest BCUT2D eigenvalue weighted by atomic mass is 9.59. The highest BCUT2D eigenvalue weighted by Gasteiger charge is 2.67. The Morgan fingerprint density at radius 3 is 2.50 bits per heavy atom. The fourth-order valence-electron chi connectivity index (χ4n) is 6.75. The van der Waals surface area contributed by atoms with Crippen molar-refractivity contribution in [3.63, 3.8) is 0 Å². The molecule has 2 aromatic carbocycles. The standard InChI is InChI=1S/C31H41N3O2/c1-21(2)19-34-20-25-16-24-18-33-31(25,28(34)27(24)15-22-9-7-6-8-10-22)29(35)32-17-23-11-13-26(14-12-23)36-30(3,4)5/h6-14,18,21,24-25,27-28H,15-17,19-20H2,1-5H3,(H,32,35). The van der Waals surface area contributed by atoms with E-state index in [2.05, 4.69) is 60.6 Å². The van der Waals surface area contributed by atoms with Crippen LogP contribution in [-0.2, 0) is 17.8 Å². The largest absolute Gasteiger partial charge is 0.488 e. The number of aliphatic imine (C=N–C) groups is 1. The van der Waals surface area contributed by atoms with E-state index in [1.165, 1.54) is 5.56 Å². The van der Waals surface area contributed by atoms with Gasteiger partial charge < -0.3 is 10.1 Å². The van der Waals surface area contributed by atoms with Crippen LogP contribution in [-0.4, -0.2) is 47.3 Å². The molecule has 6 rings (SSSR count). The number of ether oxygens (including phenoxy) is 1. The van der Waals surface area contributed by atoms with E-state index in [1.54, 1.807) is 0 Å². The number of hydrogen-bond donors (Lipinski definition) is 1. The summed E-state index contributed by atoms with van der Waals surface area (Å²) in [5.74, 6) is 2.62. The molecule has 1 saturated heterocycles. The first-order chi connectivity index (χ1) is 17.2. The third kappa shape index (κ3) is 4.82. The fraction of sp³-hybridized carbons (Fsp3) is 0.548. The van der Waals surface area contributed by atoms with Crippen LogP contribution >= 0.6 is 0 Å². The van der Waals surface area contributed by atoms with Gasteiger partial charge in [0.15, 0.2) is 5.54 Å². The molecule has 1 N–H and O–H groups in total. The molecule has 1 aliphatic carbocycles. The van der Waals surface area contributed by atoms with Gasteiger partial charge in [-0.3, -0.25) is 14.7 Å². The highest BCUT2D eigenvalue weighted by Crippen LogP contribution is 2.54. The quantitative estimate of drug-likeness (QED) is 0.561. The second kappa shape index (κ2) is 9.66. The average molecular weight is 488 g/mol. The van der Waals surface area contributed by atoms with E-state index in [9.17, 15) is 4.79 Å². The van der Waals surface area contributed by atoms with Crippen LogP contribution in [0.2, 0.25) is 0 Å². The molecule has 5 nitrogen and oxygen atoms in total. The number of nitrogens with one attached hydrogen (secondary N) is 1. The van der Waals surface area contributed by atoms with Crippen LogP contribution in [0.4, 0.5) is 0 Å². The number of hydrogen-bond acceptors (Lipinski definition) is 4. The second-order valence-corrected chi connectivity index (χ2v) is 12.4. The van der Waals surface area contributed by atoms with E-state index in [0.29, 0.717) is 24.3 Å². The molecule has 36 heavy (non-hydrogen) atoms. The van der Waals surface area contributed by atoms with Gasteiger partial charge in [0, 0.05) is 37.8 Å². The molecule has 4 bridgehead atoms. The normalized spacial score (nSPS) is 29.1. The topological polar surface area (TPSA) is 53.9 Å². The van der Waals surface area contributed by atoms with E-state index in [4.69, 9.17) is 9.73 Å². The van der Waals surface area contributed by atoms with Crippen LogP contribution in [0.1, 0.15) is 52.2 Å². The number of amides is 1. The van der Waals surface area contributed by atoms with Gasteiger partial charge in [0.1, 0.15) is 11.4 Å². The van der Waals surface area contributed by atoms with E-state index in [0.717, 1.165) is 37.2 Å². The van der Waals surface area contributed by atoms with Crippen LogP contribution in [0.15, 0.2) is 59.6 Å². The highest BCUT2D eigenvalue weighted by molar-refractivity contribution is 5.92. The Balaban J connectivity index is 1.36. The lowest BCUT2D eigenvalue weighted by Gasteiger charge is -2.51. The summed E-state index contributed by atoms with van der Waals surface area (Å²) in [6.45, 7) is 13.2. The molecule has 1 saturated carbocycles. The fourth-order valence-corrected chi connectivity index (χ4v) is 6.75. The minimum atomic E-state index is -0.682. The molecule has 0 spiro atoms. The number of nitrogens with zero attached hydrogens (tertiary/aromatic N) is 2. The molecule has 5 unspecified atom stereocenters. The maximum atomic E-state index is 14.0. The number of carbonyl (C=O) groups is 1. The molecular weight excluding hydrogens is 446 g/mol. The first kappa shape index (κ1) is 25.0. The smallest absolute Gasteiger partial charge is 0.250 e. The zero-order valence-electron chi connectivity index (χ0n) is 22.4. The Morgan fingerprint density at radius 1 is 1.11 bits per heavy atom. The maximum Gasteiger partial charge on any atom is 0.250 e. The van der Waals surface area contributed by atoms with Crippen molar-refractivity contribution in [2.24, 2.45) is 28.7 Å². The zero-order chi connectivity index (χ0) is 25.5. The molecule has 2 fully saturated rings. The molecule has 0 radical (unpaired) electrons. The Labute approximate surface area is 216 Å². The summed E-state index contributed by atoms with van der Waals surface area (Å²) in [5, 5.41) is 3.29. The Morgan fingerprint density at radius 2 is 1.83 bits per heavy atom. The van der Waals surface area contributed by atoms with Crippen molar-refractivity contribution in [1.82, 2.24) is 10.2 Å². The van der Waals surface area contributed by atoms with Gasteiger partial charge in [0.05, 0.1) is 0 Å². The summed E-state index contributed by atoms with van der Waals surface area (Å²) in [5.41, 5.74) is 1.51. The van der Waals surface area contributed by atoms with E-state index < -0.39 is 5.54 Å². The van der Waals surface area contributed by atoms with Crippen molar-refractivity contribution in [2.75, 3.05) is 13.1 Å². The molecule has 4 aliphatic rings. The Bertz CT molecular complexity index is 1090. The third-order valence-corrected chi connectivity index (χ3v) is 7.99. The van der Waals surface area contributed by atoms with Crippen molar-refractivity contribution in [3.8, 4) is 5.75 Å². The molecule has 1 amide bonds. The minimum Gasteiger partial charge on any atom is -0.488 e. The summed E-state index contributed by atoms with van der Waals surface area (Å²) < 4.78 is 5.94. The monoisotopic (exact) mass is 487 g/mol. The first-order valence-electron chi connectivity index (χ1n) is 13.6. The van der Waals surface area contributed by atoms with Crippen molar-refractivity contribution < 1.29 is 9.53 Å². The number of likely N-dealkylation sites (tertiary alicyclic amines) is 1. The van der Waals surface area contributed by atoms with Crippen molar-refractivity contribution in [2.45, 2.75) is 71.2 Å². The molecule has 3 heterocycles. The molecule has 3 aliphatic heterocycles. The van der Waals surface area contributed by atoms with E-state index >= 15 is 0 Å². The third-order valence-electron chi connectivity index (χ3n) is 7.99. The van der Waals surface area contributed by atoms with Gasteiger partial charge in [0.2, 0.25) is 5.91 Å². The average Bonchev–Trinajstić information content (AvgIpc) is 3.08. The van der Waals surface area contributed by atoms with Crippen LogP contribution < -0.4 is 10.1 Å². The zero-order valence-corrected chi connectivity index (χ0v) is 22.4. The predicted octanol–water partition coefficient (Wildman–Crippen LogP) is 5.14. The van der Waals surface area contributed by atoms with Crippen LogP contribution in [0, 0.1) is 23.7 Å². The summed E-state index contributed by atoms with van der Waals surface area (Å²) >= 11 is 0. The number of benzene rings is 2. The van der Waals surface area contributed by atoms with Crippen molar-refractivity contribution in [1.29, 1.82) is 0 Å². The van der Waals surface area contributed by atoms with E-state index in [1.807, 2.05) is 45.0 Å². The first-order valence-corrected chi connectivity index (χ1v) is 13.6. The SMILES string of the molecule is CC(C)CN1CC2CC3C=NC2(C(=O)NCc2ccc(OC(C)(C)C)cc2)C1C3Cc1ccccc1.